The maximum Gasteiger partial charge on any atom is 0.416 e. The SMILES string of the molecule is Cc1cc(NC(=O)CN(CCC(C)C)S(=O)(=O)c2cccc(C(F)(F)F)c2)no1. The molecule has 0 spiro atoms. The highest BCUT2D eigenvalue weighted by molar-refractivity contribution is 7.89. The number of halogens is 3. The Morgan fingerprint density at radius 3 is 2.52 bits per heavy atom. The Hall–Kier alpha value is -2.40. The van der Waals surface area contributed by atoms with E-state index in [2.05, 4.69) is 10.5 Å². The maximum atomic E-state index is 13.0. The van der Waals surface area contributed by atoms with Gasteiger partial charge in [-0.15, -0.1) is 0 Å². The summed E-state index contributed by atoms with van der Waals surface area (Å²) in [6.07, 6.45) is -4.26. The van der Waals surface area contributed by atoms with Crippen LogP contribution in [0.4, 0.5) is 19.0 Å². The second-order valence-electron chi connectivity index (χ2n) is 6.92. The molecule has 1 amide bonds. The van der Waals surface area contributed by atoms with Crippen LogP contribution in [-0.4, -0.2) is 36.9 Å². The summed E-state index contributed by atoms with van der Waals surface area (Å²) in [5, 5.41) is 6.01. The molecule has 1 heterocycles. The fraction of sp³-hybridized carbons (Fsp3) is 0.444. The van der Waals surface area contributed by atoms with Crippen LogP contribution in [-0.2, 0) is 21.0 Å². The molecule has 0 aliphatic heterocycles. The van der Waals surface area contributed by atoms with Crippen LogP contribution in [0.25, 0.3) is 0 Å². The number of carbonyl (C=O) groups excluding carboxylic acids is 1. The van der Waals surface area contributed by atoms with Gasteiger partial charge in [0, 0.05) is 12.6 Å². The number of hydrogen-bond donors (Lipinski definition) is 1. The van der Waals surface area contributed by atoms with Gasteiger partial charge in [0.25, 0.3) is 0 Å². The molecule has 0 aliphatic rings. The van der Waals surface area contributed by atoms with Crippen molar-refractivity contribution in [3.63, 3.8) is 0 Å². The molecular formula is C18H22F3N3O4S. The number of aryl methyl sites for hydroxylation is 1. The Morgan fingerprint density at radius 1 is 1.28 bits per heavy atom. The standard InChI is InChI=1S/C18H22F3N3O4S/c1-12(2)7-8-24(11-17(25)22-16-9-13(3)28-23-16)29(26,27)15-6-4-5-14(10-15)18(19,20)21/h4-6,9-10,12H,7-8,11H2,1-3H3,(H,22,23,25). The first kappa shape index (κ1) is 22.9. The monoisotopic (exact) mass is 433 g/mol. The van der Waals surface area contributed by atoms with Crippen molar-refractivity contribution in [3.8, 4) is 0 Å². The Bertz CT molecular complexity index is 955. The smallest absolute Gasteiger partial charge is 0.360 e. The summed E-state index contributed by atoms with van der Waals surface area (Å²) >= 11 is 0. The minimum absolute atomic E-state index is 0.0263. The molecule has 1 aromatic carbocycles. The van der Waals surface area contributed by atoms with Crippen LogP contribution in [0.3, 0.4) is 0 Å². The highest BCUT2D eigenvalue weighted by Crippen LogP contribution is 2.31. The normalized spacial score (nSPS) is 12.6. The van der Waals surface area contributed by atoms with Crippen LogP contribution in [0, 0.1) is 12.8 Å². The van der Waals surface area contributed by atoms with Gasteiger partial charge in [-0.1, -0.05) is 25.1 Å². The topological polar surface area (TPSA) is 92.5 Å². The molecule has 1 N–H and O–H groups in total. The van der Waals surface area contributed by atoms with E-state index < -0.39 is 39.1 Å². The van der Waals surface area contributed by atoms with Crippen LogP contribution in [0.1, 0.15) is 31.6 Å². The van der Waals surface area contributed by atoms with E-state index in [4.69, 9.17) is 4.52 Å². The van der Waals surface area contributed by atoms with Gasteiger partial charge in [0.2, 0.25) is 15.9 Å². The number of benzene rings is 1. The summed E-state index contributed by atoms with van der Waals surface area (Å²) in [5.41, 5.74) is -1.08. The number of rotatable bonds is 8. The maximum absolute atomic E-state index is 13.0. The van der Waals surface area contributed by atoms with Gasteiger partial charge in [0.1, 0.15) is 5.76 Å². The fourth-order valence-electron chi connectivity index (χ4n) is 2.44. The van der Waals surface area contributed by atoms with E-state index in [9.17, 15) is 26.4 Å². The third kappa shape index (κ3) is 6.29. The number of sulfonamides is 1. The molecule has 160 valence electrons. The summed E-state index contributed by atoms with van der Waals surface area (Å²) in [6, 6.07) is 4.91. The number of anilines is 1. The third-order valence-electron chi connectivity index (χ3n) is 3.97. The first-order valence-corrected chi connectivity index (χ1v) is 10.2. The molecule has 7 nitrogen and oxygen atoms in total. The van der Waals surface area contributed by atoms with Crippen molar-refractivity contribution in [1.82, 2.24) is 9.46 Å². The minimum atomic E-state index is -4.68. The van der Waals surface area contributed by atoms with Crippen LogP contribution in [0.5, 0.6) is 0 Å². The molecule has 11 heteroatoms. The molecule has 0 atom stereocenters. The van der Waals surface area contributed by atoms with Gasteiger partial charge in [-0.05, 0) is 37.5 Å². The molecule has 0 radical (unpaired) electrons. The molecule has 0 fully saturated rings. The Kier molecular flexibility index (Phi) is 7.06. The number of alkyl halides is 3. The van der Waals surface area contributed by atoms with Gasteiger partial charge in [-0.25, -0.2) is 8.42 Å². The van der Waals surface area contributed by atoms with Crippen LogP contribution < -0.4 is 5.32 Å². The summed E-state index contributed by atoms with van der Waals surface area (Å²) in [6.45, 7) is 4.76. The highest BCUT2D eigenvalue weighted by Gasteiger charge is 2.33. The number of carbonyl (C=O) groups is 1. The number of amides is 1. The summed E-state index contributed by atoms with van der Waals surface area (Å²) < 4.78 is 70.5. The van der Waals surface area contributed by atoms with Gasteiger partial charge in [0.05, 0.1) is 17.0 Å². The average Bonchev–Trinajstić information content (AvgIpc) is 3.02. The number of nitrogens with zero attached hydrogens (tertiary/aromatic N) is 2. The van der Waals surface area contributed by atoms with E-state index >= 15 is 0 Å². The molecule has 1 aromatic heterocycles. The zero-order valence-corrected chi connectivity index (χ0v) is 17.0. The van der Waals surface area contributed by atoms with Crippen LogP contribution in [0.15, 0.2) is 39.8 Å². The number of nitrogens with one attached hydrogen (secondary N) is 1. The van der Waals surface area contributed by atoms with Crippen molar-refractivity contribution < 1.29 is 30.9 Å². The molecule has 2 aromatic rings. The predicted octanol–water partition coefficient (Wildman–Crippen LogP) is 3.68. The molecule has 0 saturated heterocycles. The van der Waals surface area contributed by atoms with Crippen LogP contribution >= 0.6 is 0 Å². The Labute approximate surface area is 166 Å². The van der Waals surface area contributed by atoms with E-state index in [0.717, 1.165) is 22.5 Å². The van der Waals surface area contributed by atoms with Gasteiger partial charge < -0.3 is 9.84 Å². The zero-order valence-electron chi connectivity index (χ0n) is 16.2. The second-order valence-corrected chi connectivity index (χ2v) is 8.86. The van der Waals surface area contributed by atoms with E-state index in [1.807, 2.05) is 13.8 Å². The molecule has 0 saturated carbocycles. The number of hydrogen-bond acceptors (Lipinski definition) is 5. The van der Waals surface area contributed by atoms with E-state index in [0.29, 0.717) is 18.2 Å². The lowest BCUT2D eigenvalue weighted by molar-refractivity contribution is -0.137. The number of aromatic nitrogens is 1. The van der Waals surface area contributed by atoms with Crippen molar-refractivity contribution in [2.75, 3.05) is 18.4 Å². The average molecular weight is 433 g/mol. The Balaban J connectivity index is 2.28. The van der Waals surface area contributed by atoms with Crippen molar-refractivity contribution in [2.24, 2.45) is 5.92 Å². The fourth-order valence-corrected chi connectivity index (χ4v) is 3.89. The lowest BCUT2D eigenvalue weighted by atomic mass is 10.1. The highest BCUT2D eigenvalue weighted by atomic mass is 32.2. The second kappa shape index (κ2) is 8.95. The third-order valence-corrected chi connectivity index (χ3v) is 5.81. The van der Waals surface area contributed by atoms with E-state index in [1.165, 1.54) is 6.07 Å². The van der Waals surface area contributed by atoms with Crippen molar-refractivity contribution in [1.29, 1.82) is 0 Å². The summed E-state index contributed by atoms with van der Waals surface area (Å²) in [7, 11) is -4.33. The molecule has 29 heavy (non-hydrogen) atoms. The lowest BCUT2D eigenvalue weighted by Gasteiger charge is -2.23. The van der Waals surface area contributed by atoms with Crippen LogP contribution in [0.2, 0.25) is 0 Å². The zero-order chi connectivity index (χ0) is 21.8. The van der Waals surface area contributed by atoms with Crippen molar-refractivity contribution >= 4 is 21.7 Å². The molecule has 0 unspecified atom stereocenters. The predicted molar refractivity (Wildman–Crippen MR) is 99.5 cm³/mol. The quantitative estimate of drug-likeness (QED) is 0.686. The van der Waals surface area contributed by atoms with E-state index in [-0.39, 0.29) is 18.3 Å². The largest absolute Gasteiger partial charge is 0.416 e. The van der Waals surface area contributed by atoms with Gasteiger partial charge in [0.15, 0.2) is 5.82 Å². The molecule has 0 aliphatic carbocycles. The Morgan fingerprint density at radius 2 is 1.97 bits per heavy atom. The summed E-state index contributed by atoms with van der Waals surface area (Å²) in [5.74, 6) is 0.00870. The van der Waals surface area contributed by atoms with Gasteiger partial charge in [-0.3, -0.25) is 4.79 Å². The summed E-state index contributed by atoms with van der Waals surface area (Å²) in [4.78, 5) is 11.8. The first-order valence-electron chi connectivity index (χ1n) is 8.80. The minimum Gasteiger partial charge on any atom is -0.360 e. The molecular weight excluding hydrogens is 411 g/mol. The van der Waals surface area contributed by atoms with Crippen molar-refractivity contribution in [2.45, 2.75) is 38.3 Å². The van der Waals surface area contributed by atoms with E-state index in [1.54, 1.807) is 6.92 Å². The molecule has 2 rings (SSSR count). The lowest BCUT2D eigenvalue weighted by Crippen LogP contribution is -2.39. The first-order chi connectivity index (χ1) is 13.4. The molecule has 0 bridgehead atoms. The van der Waals surface area contributed by atoms with Gasteiger partial charge in [-0.2, -0.15) is 17.5 Å². The van der Waals surface area contributed by atoms with Gasteiger partial charge >= 0.3 is 6.18 Å². The van der Waals surface area contributed by atoms with Crippen molar-refractivity contribution in [3.05, 3.63) is 41.7 Å².